The monoisotopic (exact) mass is 1040 g/mol. The van der Waals surface area contributed by atoms with Crippen molar-refractivity contribution in [2.75, 3.05) is 0 Å². The summed E-state index contributed by atoms with van der Waals surface area (Å²) in [7, 11) is 0. The molecule has 8 bridgehead atoms. The fourth-order valence-electron chi connectivity index (χ4n) is 10.1. The van der Waals surface area contributed by atoms with Crippen LogP contribution in [0.1, 0.15) is 26.3 Å². The van der Waals surface area contributed by atoms with Gasteiger partial charge in [-0.05, 0) is 141 Å². The van der Waals surface area contributed by atoms with E-state index in [-0.39, 0.29) is 26.5 Å². The molecule has 318 valence electrons. The van der Waals surface area contributed by atoms with E-state index in [9.17, 15) is 0 Å². The maximum absolute atomic E-state index is 5.63. The Labute approximate surface area is 398 Å². The van der Waals surface area contributed by atoms with Gasteiger partial charge in [-0.3, -0.25) is 0 Å². The van der Waals surface area contributed by atoms with Gasteiger partial charge in [0.15, 0.2) is 0 Å². The molecule has 5 heterocycles. The van der Waals surface area contributed by atoms with E-state index in [4.69, 9.17) is 34.9 Å². The fourth-order valence-corrected chi connectivity index (χ4v) is 10.1. The number of benzene rings is 9. The maximum atomic E-state index is 5.63. The molecular weight excluding hydrogens is 1000 g/mol. The van der Waals surface area contributed by atoms with E-state index in [2.05, 4.69) is 191 Å². The van der Waals surface area contributed by atoms with Gasteiger partial charge in [-0.15, -0.1) is 0 Å². The summed E-state index contributed by atoms with van der Waals surface area (Å²) in [6.45, 7) is 6.76. The molecule has 2 aliphatic heterocycles. The van der Waals surface area contributed by atoms with E-state index in [1.165, 1.54) is 5.56 Å². The first-order chi connectivity index (χ1) is 32.3. The van der Waals surface area contributed by atoms with Gasteiger partial charge in [0.2, 0.25) is 0 Å². The molecule has 7 nitrogen and oxygen atoms in total. The molecule has 0 spiro atoms. The number of aromatic nitrogens is 7. The van der Waals surface area contributed by atoms with E-state index >= 15 is 0 Å². The van der Waals surface area contributed by atoms with E-state index in [0.29, 0.717) is 34.4 Å². The van der Waals surface area contributed by atoms with Crippen molar-refractivity contribution in [1.29, 1.82) is 0 Å². The molecule has 9 aromatic carbocycles. The van der Waals surface area contributed by atoms with E-state index in [1.54, 1.807) is 0 Å². The first-order valence-corrected chi connectivity index (χ1v) is 22.4. The second-order valence-electron chi connectivity index (χ2n) is 18.6. The zero-order valence-electron chi connectivity index (χ0n) is 36.6. The minimum Gasteiger partial charge on any atom is -0.435 e. The Kier molecular flexibility index (Phi) is 8.59. The molecule has 2 aliphatic rings. The van der Waals surface area contributed by atoms with Gasteiger partial charge in [-0.1, -0.05) is 142 Å². The molecule has 0 atom stereocenters. The summed E-state index contributed by atoms with van der Waals surface area (Å²) in [4.78, 5) is 38.1. The van der Waals surface area contributed by atoms with Gasteiger partial charge in [-0.25, -0.2) is 9.97 Å². The summed E-state index contributed by atoms with van der Waals surface area (Å²) >= 11 is 0. The molecule has 0 N–H and O–H groups in total. The summed E-state index contributed by atoms with van der Waals surface area (Å²) in [6, 6.07) is 60.2. The summed E-state index contributed by atoms with van der Waals surface area (Å²) in [5.41, 5.74) is 9.97. The number of hydrogen-bond donors (Lipinski definition) is 0. The Morgan fingerprint density at radius 1 is 0.358 bits per heavy atom. The van der Waals surface area contributed by atoms with Crippen LogP contribution in [-0.2, 0) is 26.5 Å². The molecule has 0 amide bonds. The van der Waals surface area contributed by atoms with Crippen LogP contribution in [0.2, 0.25) is 0 Å². The molecule has 3 aromatic heterocycles. The molecule has 0 unspecified atom stereocenters. The number of rotatable bonds is 1. The maximum Gasteiger partial charge on any atom is 2.00 e. The number of hydrogen-bond acceptors (Lipinski definition) is 5. The first-order valence-electron chi connectivity index (χ1n) is 22.4. The SMILES string of the molecule is CC(C)(C)c1cccc(-c2c3nc(nc4[n-]c(nc5nc(nc6[n-]c2c2cc7ccccc7cc62)-c2cc6ccccc6cc2-5)c2cc5ccccc5cc42)-c2cc4ccccc4cc2-3)c1.[Pt+2]. The van der Waals surface area contributed by atoms with Crippen molar-refractivity contribution in [3.8, 4) is 56.5 Å². The largest absolute Gasteiger partial charge is 2.00 e. The Bertz CT molecular complexity index is 4290. The molecule has 8 heteroatoms. The standard InChI is InChI=1S/C59H37N7.Pt/c1-59(2,3)41-22-12-21-40(23-41)50-51-42-24-32-13-4-6-15-34(32)26-44(42)53(60-51)62-55-46-28-36-17-8-10-19-38(36)30-48(46)57(64-55)66-58-49-31-39-20-11-9-18-37(39)29-47(49)56(65-58)63-54-45-27-35-16-7-5-14-33(35)25-43(45)52(50)61-54;/h4-31H,1-3H3;/q-2;+2. The summed E-state index contributed by atoms with van der Waals surface area (Å²) in [5, 5.41) is 12.5. The Hall–Kier alpha value is -7.86. The molecule has 0 aliphatic carbocycles. The molecule has 0 saturated heterocycles. The molecule has 0 saturated carbocycles. The van der Waals surface area contributed by atoms with Crippen molar-refractivity contribution in [2.45, 2.75) is 26.2 Å². The molecule has 12 aromatic rings. The molecule has 0 fully saturated rings. The fraction of sp³-hybridized carbons (Fsp3) is 0.0678. The van der Waals surface area contributed by atoms with Crippen LogP contribution in [0.25, 0.3) is 144 Å². The number of nitrogens with zero attached hydrogens (tertiary/aromatic N) is 7. The van der Waals surface area contributed by atoms with E-state index < -0.39 is 0 Å². The molecule has 14 rings (SSSR count). The minimum atomic E-state index is -0.116. The van der Waals surface area contributed by atoms with Gasteiger partial charge < -0.3 is 24.9 Å². The quantitative estimate of drug-likeness (QED) is 0.162. The normalized spacial score (nSPS) is 12.3. The van der Waals surface area contributed by atoms with Gasteiger partial charge in [0.1, 0.15) is 0 Å². The minimum absolute atomic E-state index is 0. The predicted molar refractivity (Wildman–Crippen MR) is 270 cm³/mol. The topological polar surface area (TPSA) is 92.7 Å². The van der Waals surface area contributed by atoms with E-state index in [0.717, 1.165) is 109 Å². The average molecular weight is 1040 g/mol. The second kappa shape index (κ2) is 14.6. The van der Waals surface area contributed by atoms with Crippen molar-refractivity contribution >= 4 is 87.1 Å². The van der Waals surface area contributed by atoms with E-state index in [1.807, 2.05) is 0 Å². The van der Waals surface area contributed by atoms with Crippen molar-refractivity contribution in [3.05, 3.63) is 175 Å². The third-order valence-electron chi connectivity index (χ3n) is 13.5. The Balaban J connectivity index is 0.00000446. The van der Waals surface area contributed by atoms with Crippen LogP contribution in [0.5, 0.6) is 0 Å². The molecular formula is C59H37N7Pt. The van der Waals surface area contributed by atoms with Crippen LogP contribution in [-0.4, -0.2) is 24.9 Å². The van der Waals surface area contributed by atoms with Crippen molar-refractivity contribution < 1.29 is 21.1 Å². The van der Waals surface area contributed by atoms with Crippen LogP contribution >= 0.6 is 0 Å². The van der Waals surface area contributed by atoms with Gasteiger partial charge in [0.05, 0.1) is 23.2 Å². The summed E-state index contributed by atoms with van der Waals surface area (Å²) in [6.07, 6.45) is 0. The number of fused-ring (bicyclic) bond motifs is 24. The summed E-state index contributed by atoms with van der Waals surface area (Å²) in [5.74, 6) is 1.67. The second-order valence-corrected chi connectivity index (χ2v) is 18.6. The van der Waals surface area contributed by atoms with Crippen LogP contribution in [0.15, 0.2) is 170 Å². The predicted octanol–water partition coefficient (Wildman–Crippen LogP) is 14.3. The Morgan fingerprint density at radius 2 is 0.746 bits per heavy atom. The van der Waals surface area contributed by atoms with Crippen LogP contribution < -0.4 is 9.97 Å². The summed E-state index contributed by atoms with van der Waals surface area (Å²) < 4.78 is 0. The van der Waals surface area contributed by atoms with Crippen LogP contribution in [0, 0.1) is 0 Å². The zero-order valence-corrected chi connectivity index (χ0v) is 38.9. The third-order valence-corrected chi connectivity index (χ3v) is 13.5. The first kappa shape index (κ1) is 39.5. The van der Waals surface area contributed by atoms with Crippen LogP contribution in [0.4, 0.5) is 0 Å². The van der Waals surface area contributed by atoms with Crippen LogP contribution in [0.3, 0.4) is 0 Å². The van der Waals surface area contributed by atoms with Crippen molar-refractivity contribution in [3.63, 3.8) is 0 Å². The Morgan fingerprint density at radius 3 is 1.22 bits per heavy atom. The van der Waals surface area contributed by atoms with Gasteiger partial charge >= 0.3 is 21.1 Å². The third kappa shape index (κ3) is 6.18. The smallest absolute Gasteiger partial charge is 0.435 e. The average Bonchev–Trinajstić information content (AvgIpc) is 4.06. The van der Waals surface area contributed by atoms with Gasteiger partial charge in [-0.2, -0.15) is 0 Å². The van der Waals surface area contributed by atoms with Gasteiger partial charge in [0.25, 0.3) is 0 Å². The van der Waals surface area contributed by atoms with Crippen molar-refractivity contribution in [1.82, 2.24) is 34.9 Å². The molecule has 0 radical (unpaired) electrons. The van der Waals surface area contributed by atoms with Crippen molar-refractivity contribution in [2.24, 2.45) is 0 Å². The van der Waals surface area contributed by atoms with Gasteiger partial charge in [0, 0.05) is 39.1 Å². The molecule has 67 heavy (non-hydrogen) atoms. The zero-order chi connectivity index (χ0) is 43.8.